The first-order valence-electron chi connectivity index (χ1n) is 6.01. The van der Waals surface area contributed by atoms with E-state index in [4.69, 9.17) is 4.74 Å². The number of nitro benzene ring substituents is 1. The third kappa shape index (κ3) is 2.85. The summed E-state index contributed by atoms with van der Waals surface area (Å²) in [5.41, 5.74) is 0.365. The predicted molar refractivity (Wildman–Crippen MR) is 72.8 cm³/mol. The Balaban J connectivity index is 2.09. The van der Waals surface area contributed by atoms with Crippen molar-refractivity contribution in [1.82, 2.24) is 14.8 Å². The fourth-order valence-electron chi connectivity index (χ4n) is 1.86. The van der Waals surface area contributed by atoms with Gasteiger partial charge in [-0.05, 0) is 12.1 Å². The van der Waals surface area contributed by atoms with Gasteiger partial charge in [-0.15, -0.1) is 10.2 Å². The van der Waals surface area contributed by atoms with Gasteiger partial charge in [0.15, 0.2) is 5.75 Å². The van der Waals surface area contributed by atoms with Gasteiger partial charge in [0.2, 0.25) is 0 Å². The molecule has 0 bridgehead atoms. The van der Waals surface area contributed by atoms with E-state index in [1.54, 1.807) is 24.5 Å². The Morgan fingerprint density at radius 1 is 1.50 bits per heavy atom. The molecule has 0 aliphatic heterocycles. The van der Waals surface area contributed by atoms with E-state index in [1.165, 1.54) is 7.11 Å². The van der Waals surface area contributed by atoms with Crippen LogP contribution in [0.5, 0.6) is 5.75 Å². The minimum atomic E-state index is -0.455. The molecule has 0 radical (unpaired) electrons. The molecule has 2 aromatic rings. The molecule has 1 aromatic heterocycles. The van der Waals surface area contributed by atoms with Gasteiger partial charge in [0, 0.05) is 20.0 Å². The summed E-state index contributed by atoms with van der Waals surface area (Å²) in [5.74, 6) is 1.04. The predicted octanol–water partition coefficient (Wildman–Crippen LogP) is 1.39. The number of aromatic nitrogens is 3. The molecule has 0 aliphatic rings. The first-order valence-corrected chi connectivity index (χ1v) is 6.01. The fourth-order valence-corrected chi connectivity index (χ4v) is 1.86. The number of anilines is 1. The quantitative estimate of drug-likeness (QED) is 0.633. The summed E-state index contributed by atoms with van der Waals surface area (Å²) in [4.78, 5) is 10.7. The normalized spacial score (nSPS) is 10.3. The Hall–Kier alpha value is -2.64. The Labute approximate surface area is 115 Å². The first-order chi connectivity index (χ1) is 9.63. The van der Waals surface area contributed by atoms with Crippen molar-refractivity contribution in [3.05, 3.63) is 40.5 Å². The van der Waals surface area contributed by atoms with E-state index in [1.807, 2.05) is 11.6 Å². The van der Waals surface area contributed by atoms with E-state index in [2.05, 4.69) is 15.5 Å². The number of ether oxygens (including phenoxy) is 1. The summed E-state index contributed by atoms with van der Waals surface area (Å²) in [6.45, 7) is 0.514. The zero-order chi connectivity index (χ0) is 14.5. The highest BCUT2D eigenvalue weighted by atomic mass is 16.6. The Kier molecular flexibility index (Phi) is 4.14. The molecule has 20 heavy (non-hydrogen) atoms. The van der Waals surface area contributed by atoms with Crippen molar-refractivity contribution in [2.24, 2.45) is 7.05 Å². The molecule has 8 heteroatoms. The number of nitrogens with zero attached hydrogens (tertiary/aromatic N) is 4. The zero-order valence-corrected chi connectivity index (χ0v) is 11.2. The molecule has 106 valence electrons. The van der Waals surface area contributed by atoms with Crippen molar-refractivity contribution in [3.63, 3.8) is 0 Å². The number of hydrogen-bond donors (Lipinski definition) is 1. The smallest absolute Gasteiger partial charge is 0.333 e. The van der Waals surface area contributed by atoms with Crippen LogP contribution < -0.4 is 10.1 Å². The zero-order valence-electron chi connectivity index (χ0n) is 11.2. The summed E-state index contributed by atoms with van der Waals surface area (Å²) >= 11 is 0. The SMILES string of the molecule is COc1cccc(NCCc2nncn2C)c1[N+](=O)[O-]. The summed E-state index contributed by atoms with van der Waals surface area (Å²) in [6.07, 6.45) is 2.23. The van der Waals surface area contributed by atoms with Gasteiger partial charge in [0.25, 0.3) is 0 Å². The Bertz CT molecular complexity index is 611. The summed E-state index contributed by atoms with van der Waals surface area (Å²) in [7, 11) is 3.26. The highest BCUT2D eigenvalue weighted by Gasteiger charge is 2.20. The molecule has 1 aromatic carbocycles. The van der Waals surface area contributed by atoms with Crippen LogP contribution in [0, 0.1) is 10.1 Å². The largest absolute Gasteiger partial charge is 0.490 e. The molecule has 1 N–H and O–H groups in total. The van der Waals surface area contributed by atoms with Gasteiger partial charge in [-0.1, -0.05) is 6.07 Å². The van der Waals surface area contributed by atoms with Gasteiger partial charge in [-0.3, -0.25) is 10.1 Å². The standard InChI is InChI=1S/C12H15N5O3/c1-16-8-14-15-11(16)6-7-13-9-4-3-5-10(20-2)12(9)17(18)19/h3-5,8,13H,6-7H2,1-2H3. The minimum absolute atomic E-state index is 0.0621. The molecular formula is C12H15N5O3. The highest BCUT2D eigenvalue weighted by Crippen LogP contribution is 2.34. The van der Waals surface area contributed by atoms with Crippen LogP contribution >= 0.6 is 0 Å². The fraction of sp³-hybridized carbons (Fsp3) is 0.333. The maximum atomic E-state index is 11.1. The van der Waals surface area contributed by atoms with Crippen LogP contribution in [-0.2, 0) is 13.5 Å². The monoisotopic (exact) mass is 277 g/mol. The van der Waals surface area contributed by atoms with E-state index >= 15 is 0 Å². The first kappa shape index (κ1) is 13.8. The van der Waals surface area contributed by atoms with E-state index in [9.17, 15) is 10.1 Å². The van der Waals surface area contributed by atoms with Crippen molar-refractivity contribution in [1.29, 1.82) is 0 Å². The Morgan fingerprint density at radius 3 is 2.90 bits per heavy atom. The van der Waals surface area contributed by atoms with Gasteiger partial charge in [-0.2, -0.15) is 0 Å². The third-order valence-electron chi connectivity index (χ3n) is 2.87. The van der Waals surface area contributed by atoms with Crippen LogP contribution in [0.1, 0.15) is 5.82 Å². The van der Waals surface area contributed by atoms with Gasteiger partial charge in [-0.25, -0.2) is 0 Å². The summed E-state index contributed by atoms with van der Waals surface area (Å²) in [6, 6.07) is 4.92. The number of nitro groups is 1. The second kappa shape index (κ2) is 6.00. The van der Waals surface area contributed by atoms with Gasteiger partial charge in [0.05, 0.1) is 12.0 Å². The molecule has 0 unspecified atom stereocenters. The molecule has 0 saturated carbocycles. The van der Waals surface area contributed by atoms with E-state index < -0.39 is 4.92 Å². The molecule has 0 atom stereocenters. The van der Waals surface area contributed by atoms with E-state index in [0.717, 1.165) is 5.82 Å². The lowest BCUT2D eigenvalue weighted by Gasteiger charge is -2.09. The van der Waals surface area contributed by atoms with Gasteiger partial charge >= 0.3 is 5.69 Å². The molecule has 0 aliphatic carbocycles. The molecule has 0 fully saturated rings. The number of benzene rings is 1. The van der Waals surface area contributed by atoms with Crippen molar-refractivity contribution in [2.75, 3.05) is 19.0 Å². The summed E-state index contributed by atoms with van der Waals surface area (Å²) < 4.78 is 6.82. The minimum Gasteiger partial charge on any atom is -0.490 e. The topological polar surface area (TPSA) is 95.1 Å². The number of aryl methyl sites for hydroxylation is 1. The maximum absolute atomic E-state index is 11.1. The lowest BCUT2D eigenvalue weighted by Crippen LogP contribution is -2.10. The average molecular weight is 277 g/mol. The molecule has 8 nitrogen and oxygen atoms in total. The molecule has 0 amide bonds. The number of rotatable bonds is 6. The van der Waals surface area contributed by atoms with E-state index in [0.29, 0.717) is 18.7 Å². The van der Waals surface area contributed by atoms with Crippen molar-refractivity contribution >= 4 is 11.4 Å². The number of hydrogen-bond acceptors (Lipinski definition) is 6. The van der Waals surface area contributed by atoms with Crippen molar-refractivity contribution in [2.45, 2.75) is 6.42 Å². The number of nitrogens with one attached hydrogen (secondary N) is 1. The van der Waals surface area contributed by atoms with Gasteiger partial charge < -0.3 is 14.6 Å². The molecule has 2 rings (SSSR count). The highest BCUT2D eigenvalue weighted by molar-refractivity contribution is 5.68. The van der Waals surface area contributed by atoms with Crippen LogP contribution in [0.3, 0.4) is 0 Å². The van der Waals surface area contributed by atoms with Gasteiger partial charge in [0.1, 0.15) is 17.8 Å². The molecule has 1 heterocycles. The maximum Gasteiger partial charge on any atom is 0.333 e. The second-order valence-corrected chi connectivity index (χ2v) is 4.15. The van der Waals surface area contributed by atoms with Crippen molar-refractivity contribution < 1.29 is 9.66 Å². The second-order valence-electron chi connectivity index (χ2n) is 4.15. The number of para-hydroxylation sites is 1. The molecule has 0 saturated heterocycles. The summed E-state index contributed by atoms with van der Waals surface area (Å²) in [5, 5.41) is 21.9. The average Bonchev–Trinajstić information content (AvgIpc) is 2.84. The number of methoxy groups -OCH3 is 1. The van der Waals surface area contributed by atoms with Crippen LogP contribution in [0.15, 0.2) is 24.5 Å². The van der Waals surface area contributed by atoms with Crippen LogP contribution in [0.4, 0.5) is 11.4 Å². The van der Waals surface area contributed by atoms with Crippen LogP contribution in [0.25, 0.3) is 0 Å². The van der Waals surface area contributed by atoms with E-state index in [-0.39, 0.29) is 11.4 Å². The third-order valence-corrected chi connectivity index (χ3v) is 2.87. The Morgan fingerprint density at radius 2 is 2.30 bits per heavy atom. The lowest BCUT2D eigenvalue weighted by molar-refractivity contribution is -0.384. The van der Waals surface area contributed by atoms with Crippen LogP contribution in [0.2, 0.25) is 0 Å². The van der Waals surface area contributed by atoms with Crippen LogP contribution in [-0.4, -0.2) is 33.3 Å². The molecular weight excluding hydrogens is 262 g/mol. The molecule has 0 spiro atoms. The van der Waals surface area contributed by atoms with Crippen molar-refractivity contribution in [3.8, 4) is 5.75 Å². The lowest BCUT2D eigenvalue weighted by atomic mass is 10.2.